The van der Waals surface area contributed by atoms with Crippen LogP contribution in [0.4, 0.5) is 0 Å². The zero-order valence-electron chi connectivity index (χ0n) is 8.13. The van der Waals surface area contributed by atoms with E-state index >= 15 is 0 Å². The molecule has 0 radical (unpaired) electrons. The van der Waals surface area contributed by atoms with E-state index in [2.05, 4.69) is 16.9 Å². The first-order chi connectivity index (χ1) is 6.17. The Morgan fingerprint density at radius 3 is 2.92 bits per heavy atom. The van der Waals surface area contributed by atoms with E-state index in [4.69, 9.17) is 17.0 Å². The third-order valence-corrected chi connectivity index (χ3v) is 2.15. The topological polar surface area (TPSA) is 37.9 Å². The van der Waals surface area contributed by atoms with Crippen molar-refractivity contribution in [1.82, 2.24) is 9.97 Å². The average molecular weight is 198 g/mol. The van der Waals surface area contributed by atoms with Gasteiger partial charge in [0.05, 0.1) is 0 Å². The maximum absolute atomic E-state index is 5.15. The first kappa shape index (κ1) is 10.3. The number of rotatable bonds is 3. The predicted molar refractivity (Wildman–Crippen MR) is 54.2 cm³/mol. The molecule has 0 spiro atoms. The highest BCUT2D eigenvalue weighted by Crippen LogP contribution is 2.11. The molecule has 0 saturated carbocycles. The number of hydrogen-bond acceptors (Lipinski definition) is 3. The van der Waals surface area contributed by atoms with Crippen molar-refractivity contribution >= 4 is 12.2 Å². The maximum atomic E-state index is 5.15. The fourth-order valence-electron chi connectivity index (χ4n) is 1.02. The van der Waals surface area contributed by atoms with Crippen molar-refractivity contribution in [3.63, 3.8) is 0 Å². The molecular weight excluding hydrogens is 184 g/mol. The van der Waals surface area contributed by atoms with E-state index in [0.717, 1.165) is 17.9 Å². The lowest BCUT2D eigenvalue weighted by atomic mass is 10.3. The number of aromatic amines is 1. The van der Waals surface area contributed by atoms with E-state index in [1.807, 2.05) is 13.0 Å². The highest BCUT2D eigenvalue weighted by Gasteiger charge is 2.06. The normalized spacial score (nSPS) is 12.8. The van der Waals surface area contributed by atoms with Crippen molar-refractivity contribution < 1.29 is 4.74 Å². The monoisotopic (exact) mass is 198 g/mol. The van der Waals surface area contributed by atoms with Gasteiger partial charge in [0.1, 0.15) is 16.6 Å². The fraction of sp³-hybridized carbons (Fsp3) is 0.556. The smallest absolute Gasteiger partial charge is 0.136 e. The van der Waals surface area contributed by atoms with Crippen molar-refractivity contribution in [3.05, 3.63) is 22.2 Å². The minimum atomic E-state index is -0.0341. The number of hydrogen-bond donors (Lipinski definition) is 1. The first-order valence-electron chi connectivity index (χ1n) is 4.30. The molecule has 3 nitrogen and oxygen atoms in total. The number of aromatic nitrogens is 2. The molecular formula is C9H14N2OS. The van der Waals surface area contributed by atoms with Crippen molar-refractivity contribution in [3.8, 4) is 0 Å². The molecule has 13 heavy (non-hydrogen) atoms. The van der Waals surface area contributed by atoms with E-state index in [-0.39, 0.29) is 6.10 Å². The number of nitrogens with one attached hydrogen (secondary N) is 1. The molecule has 72 valence electrons. The van der Waals surface area contributed by atoms with Gasteiger partial charge in [0, 0.05) is 12.8 Å². The van der Waals surface area contributed by atoms with Gasteiger partial charge in [0.2, 0.25) is 0 Å². The summed E-state index contributed by atoms with van der Waals surface area (Å²) in [5.41, 5.74) is 1.10. The van der Waals surface area contributed by atoms with Gasteiger partial charge in [-0.3, -0.25) is 0 Å². The molecule has 1 aromatic heterocycles. The molecule has 4 heteroatoms. The lowest BCUT2D eigenvalue weighted by molar-refractivity contribution is 0.111. The number of aryl methyl sites for hydroxylation is 1. The van der Waals surface area contributed by atoms with Gasteiger partial charge in [0.25, 0.3) is 0 Å². The Kier molecular flexibility index (Phi) is 3.57. The third-order valence-electron chi connectivity index (χ3n) is 1.94. The van der Waals surface area contributed by atoms with E-state index in [0.29, 0.717) is 4.64 Å². The van der Waals surface area contributed by atoms with Crippen molar-refractivity contribution in [2.75, 3.05) is 7.11 Å². The molecule has 0 aliphatic carbocycles. The van der Waals surface area contributed by atoms with Gasteiger partial charge in [-0.05, 0) is 19.4 Å². The van der Waals surface area contributed by atoms with Crippen LogP contribution in [0.15, 0.2) is 6.07 Å². The lowest BCUT2D eigenvalue weighted by Crippen LogP contribution is -2.04. The van der Waals surface area contributed by atoms with Crippen LogP contribution in [-0.2, 0) is 11.2 Å². The predicted octanol–water partition coefficient (Wildman–Crippen LogP) is 2.41. The van der Waals surface area contributed by atoms with Crippen LogP contribution in [0.25, 0.3) is 0 Å². The molecule has 1 heterocycles. The second kappa shape index (κ2) is 4.48. The summed E-state index contributed by atoms with van der Waals surface area (Å²) in [6.45, 7) is 4.01. The molecule has 1 N–H and O–H groups in total. The van der Waals surface area contributed by atoms with Gasteiger partial charge >= 0.3 is 0 Å². The van der Waals surface area contributed by atoms with Gasteiger partial charge in [-0.25, -0.2) is 4.98 Å². The minimum Gasteiger partial charge on any atom is -0.374 e. The second-order valence-electron chi connectivity index (χ2n) is 2.86. The van der Waals surface area contributed by atoms with Crippen LogP contribution in [0, 0.1) is 4.64 Å². The molecule has 1 rings (SSSR count). The van der Waals surface area contributed by atoms with Crippen LogP contribution in [0.5, 0.6) is 0 Å². The Hall–Kier alpha value is -0.740. The quantitative estimate of drug-likeness (QED) is 0.758. The van der Waals surface area contributed by atoms with Crippen molar-refractivity contribution in [2.24, 2.45) is 0 Å². The SMILES string of the molecule is CCc1cc(=S)nc(C(C)OC)[nH]1. The van der Waals surface area contributed by atoms with Gasteiger partial charge in [-0.1, -0.05) is 19.1 Å². The van der Waals surface area contributed by atoms with Crippen LogP contribution >= 0.6 is 12.2 Å². The number of methoxy groups -OCH3 is 1. The second-order valence-corrected chi connectivity index (χ2v) is 3.28. The molecule has 0 fully saturated rings. The van der Waals surface area contributed by atoms with E-state index in [1.54, 1.807) is 7.11 Å². The highest BCUT2D eigenvalue weighted by atomic mass is 32.1. The zero-order chi connectivity index (χ0) is 9.84. The van der Waals surface area contributed by atoms with Gasteiger partial charge in [0.15, 0.2) is 0 Å². The first-order valence-corrected chi connectivity index (χ1v) is 4.71. The summed E-state index contributed by atoms with van der Waals surface area (Å²) in [4.78, 5) is 7.37. The number of nitrogens with zero attached hydrogens (tertiary/aromatic N) is 1. The van der Waals surface area contributed by atoms with Crippen molar-refractivity contribution in [2.45, 2.75) is 26.4 Å². The Morgan fingerprint density at radius 1 is 1.69 bits per heavy atom. The van der Waals surface area contributed by atoms with E-state index in [9.17, 15) is 0 Å². The number of H-pyrrole nitrogens is 1. The van der Waals surface area contributed by atoms with Gasteiger partial charge < -0.3 is 9.72 Å². The summed E-state index contributed by atoms with van der Waals surface area (Å²) < 4.78 is 5.77. The molecule has 0 amide bonds. The highest BCUT2D eigenvalue weighted by molar-refractivity contribution is 7.71. The Balaban J connectivity index is 3.08. The van der Waals surface area contributed by atoms with Crippen LogP contribution in [-0.4, -0.2) is 17.1 Å². The summed E-state index contributed by atoms with van der Waals surface area (Å²) in [6.07, 6.45) is 0.892. The summed E-state index contributed by atoms with van der Waals surface area (Å²) in [7, 11) is 1.65. The van der Waals surface area contributed by atoms with Crippen LogP contribution in [0.2, 0.25) is 0 Å². The van der Waals surface area contributed by atoms with Crippen LogP contribution < -0.4 is 0 Å². The summed E-state index contributed by atoms with van der Waals surface area (Å²) in [5.74, 6) is 0.798. The molecule has 0 saturated heterocycles. The Morgan fingerprint density at radius 2 is 2.38 bits per heavy atom. The van der Waals surface area contributed by atoms with E-state index in [1.165, 1.54) is 0 Å². The van der Waals surface area contributed by atoms with Crippen LogP contribution in [0.3, 0.4) is 0 Å². The number of ether oxygens (including phenoxy) is 1. The molecule has 0 bridgehead atoms. The van der Waals surface area contributed by atoms with Crippen LogP contribution in [0.1, 0.15) is 31.5 Å². The van der Waals surface area contributed by atoms with Crippen molar-refractivity contribution in [1.29, 1.82) is 0 Å². The average Bonchev–Trinajstić information content (AvgIpc) is 2.15. The third kappa shape index (κ3) is 2.60. The largest absolute Gasteiger partial charge is 0.374 e. The molecule has 1 atom stereocenters. The summed E-state index contributed by atoms with van der Waals surface area (Å²) in [5, 5.41) is 0. The maximum Gasteiger partial charge on any atom is 0.136 e. The van der Waals surface area contributed by atoms with E-state index < -0.39 is 0 Å². The zero-order valence-corrected chi connectivity index (χ0v) is 8.94. The lowest BCUT2D eigenvalue weighted by Gasteiger charge is -2.09. The summed E-state index contributed by atoms with van der Waals surface area (Å²) >= 11 is 5.03. The molecule has 1 unspecified atom stereocenters. The minimum absolute atomic E-state index is 0.0341. The van der Waals surface area contributed by atoms with Gasteiger partial charge in [-0.2, -0.15) is 0 Å². The Bertz CT molecular complexity index is 335. The summed E-state index contributed by atoms with van der Waals surface area (Å²) in [6, 6.07) is 1.88. The Labute approximate surface area is 83.2 Å². The van der Waals surface area contributed by atoms with Gasteiger partial charge in [-0.15, -0.1) is 0 Å². The molecule has 1 aromatic rings. The molecule has 0 aliphatic heterocycles. The molecule has 0 aliphatic rings. The molecule has 0 aromatic carbocycles. The fourth-order valence-corrected chi connectivity index (χ4v) is 1.26. The standard InChI is InChI=1S/C9H14N2OS/c1-4-7-5-8(13)11-9(10-7)6(2)12-3/h5-6H,4H2,1-3H3,(H,10,11,13).